The molecule has 1 N–H and O–H groups in total. The maximum Gasteiger partial charge on any atom is 0.278 e. The van der Waals surface area contributed by atoms with Gasteiger partial charge in [0.25, 0.3) is 11.8 Å². The van der Waals surface area contributed by atoms with E-state index in [1.165, 1.54) is 4.90 Å². The van der Waals surface area contributed by atoms with Crippen LogP contribution in [0.3, 0.4) is 0 Å². The number of nitrogens with one attached hydrogen (secondary N) is 1. The van der Waals surface area contributed by atoms with Gasteiger partial charge in [-0.25, -0.2) is 0 Å². The topological polar surface area (TPSA) is 67.9 Å². The van der Waals surface area contributed by atoms with Crippen LogP contribution in [0.5, 0.6) is 11.5 Å². The molecule has 1 aliphatic heterocycles. The number of anilines is 1. The van der Waals surface area contributed by atoms with E-state index < -0.39 is 11.8 Å². The van der Waals surface area contributed by atoms with Gasteiger partial charge in [0.15, 0.2) is 0 Å². The third kappa shape index (κ3) is 4.05. The summed E-state index contributed by atoms with van der Waals surface area (Å²) >= 11 is 6.28. The number of nitrogens with zero attached hydrogens (tertiary/aromatic N) is 1. The van der Waals surface area contributed by atoms with Gasteiger partial charge < -0.3 is 14.8 Å². The third-order valence-corrected chi connectivity index (χ3v) is 5.57. The highest BCUT2D eigenvalue weighted by atomic mass is 35.5. The van der Waals surface area contributed by atoms with Crippen LogP contribution in [0.25, 0.3) is 5.57 Å². The molecule has 7 heteroatoms. The first-order valence-electron chi connectivity index (χ1n) is 9.92. The minimum absolute atomic E-state index is 0.0636. The van der Waals surface area contributed by atoms with Crippen molar-refractivity contribution in [3.05, 3.63) is 94.6 Å². The van der Waals surface area contributed by atoms with Crippen molar-refractivity contribution in [2.24, 2.45) is 0 Å². The predicted octanol–water partition coefficient (Wildman–Crippen LogP) is 4.75. The molecular weight excluding hydrogens is 428 g/mol. The van der Waals surface area contributed by atoms with Gasteiger partial charge in [0.05, 0.1) is 32.0 Å². The minimum Gasteiger partial charge on any atom is -0.497 e. The van der Waals surface area contributed by atoms with Crippen LogP contribution >= 0.6 is 11.6 Å². The quantitative estimate of drug-likeness (QED) is 0.528. The van der Waals surface area contributed by atoms with Crippen molar-refractivity contribution >= 4 is 34.7 Å². The average Bonchev–Trinajstić information content (AvgIpc) is 3.05. The predicted molar refractivity (Wildman–Crippen MR) is 124 cm³/mol. The zero-order valence-corrected chi connectivity index (χ0v) is 18.3. The number of carbonyl (C=O) groups is 2. The molecule has 162 valence electrons. The summed E-state index contributed by atoms with van der Waals surface area (Å²) in [4.78, 5) is 28.1. The smallest absolute Gasteiger partial charge is 0.278 e. The van der Waals surface area contributed by atoms with Crippen molar-refractivity contribution in [3.8, 4) is 11.5 Å². The number of methoxy groups -OCH3 is 2. The van der Waals surface area contributed by atoms with E-state index in [4.69, 9.17) is 21.1 Å². The number of carbonyl (C=O) groups excluding carboxylic acids is 2. The molecular formula is C25H21ClN2O4. The van der Waals surface area contributed by atoms with Crippen molar-refractivity contribution in [2.75, 3.05) is 19.5 Å². The molecule has 0 unspecified atom stereocenters. The Morgan fingerprint density at radius 1 is 0.844 bits per heavy atom. The van der Waals surface area contributed by atoms with Gasteiger partial charge in [-0.05, 0) is 41.5 Å². The zero-order valence-electron chi connectivity index (χ0n) is 17.6. The van der Waals surface area contributed by atoms with Gasteiger partial charge in [-0.15, -0.1) is 0 Å². The van der Waals surface area contributed by atoms with Crippen LogP contribution in [0.15, 0.2) is 78.5 Å². The van der Waals surface area contributed by atoms with Gasteiger partial charge in [0.1, 0.15) is 17.2 Å². The van der Waals surface area contributed by atoms with E-state index in [9.17, 15) is 9.59 Å². The highest BCUT2D eigenvalue weighted by molar-refractivity contribution is 6.36. The lowest BCUT2D eigenvalue weighted by Gasteiger charge is -2.16. The summed E-state index contributed by atoms with van der Waals surface area (Å²) in [7, 11) is 3.11. The summed E-state index contributed by atoms with van der Waals surface area (Å²) in [5, 5.41) is 3.62. The molecule has 4 rings (SSSR count). The normalized spacial score (nSPS) is 13.5. The van der Waals surface area contributed by atoms with Gasteiger partial charge in [-0.1, -0.05) is 54.1 Å². The van der Waals surface area contributed by atoms with E-state index in [1.54, 1.807) is 68.8 Å². The Kier molecular flexibility index (Phi) is 6.14. The van der Waals surface area contributed by atoms with E-state index in [-0.39, 0.29) is 17.8 Å². The molecule has 1 aliphatic rings. The molecule has 2 amide bonds. The number of ether oxygens (including phenoxy) is 2. The standard InChI is InChI=1S/C25H21ClN2O4/c1-31-18-13-11-16(12-14-18)22-23(27-20-9-5-6-10-21(20)32-2)25(30)28(24(22)29)15-17-7-3-4-8-19(17)26/h3-14,27H,15H2,1-2H3. The van der Waals surface area contributed by atoms with E-state index in [2.05, 4.69) is 5.32 Å². The summed E-state index contributed by atoms with van der Waals surface area (Å²) in [5.74, 6) is 0.362. The van der Waals surface area contributed by atoms with Gasteiger partial charge in [0, 0.05) is 5.02 Å². The van der Waals surface area contributed by atoms with Crippen molar-refractivity contribution in [2.45, 2.75) is 6.54 Å². The first kappa shape index (κ1) is 21.5. The molecule has 1 heterocycles. The Hall–Kier alpha value is -3.77. The van der Waals surface area contributed by atoms with Crippen LogP contribution in [0, 0.1) is 0 Å². The maximum absolute atomic E-state index is 13.4. The number of hydrogen-bond donors (Lipinski definition) is 1. The third-order valence-electron chi connectivity index (χ3n) is 5.20. The van der Waals surface area contributed by atoms with Crippen LogP contribution in [0.2, 0.25) is 5.02 Å². The number of amides is 2. The number of benzene rings is 3. The monoisotopic (exact) mass is 448 g/mol. The summed E-state index contributed by atoms with van der Waals surface area (Å²) in [6, 6.07) is 21.3. The Balaban J connectivity index is 1.77. The van der Waals surface area contributed by atoms with Crippen LogP contribution in [0.1, 0.15) is 11.1 Å². The van der Waals surface area contributed by atoms with Gasteiger partial charge in [-0.2, -0.15) is 0 Å². The molecule has 0 radical (unpaired) electrons. The summed E-state index contributed by atoms with van der Waals surface area (Å²) in [6.45, 7) is 0.0636. The zero-order chi connectivity index (χ0) is 22.7. The van der Waals surface area contributed by atoms with Gasteiger partial charge in [0.2, 0.25) is 0 Å². The van der Waals surface area contributed by atoms with Crippen LogP contribution in [-0.2, 0) is 16.1 Å². The summed E-state index contributed by atoms with van der Waals surface area (Å²) in [5.41, 5.74) is 2.32. The number of imide groups is 1. The second-order valence-corrected chi connectivity index (χ2v) is 7.50. The van der Waals surface area contributed by atoms with E-state index in [0.29, 0.717) is 33.3 Å². The molecule has 0 aromatic heterocycles. The molecule has 0 saturated heterocycles. The number of halogens is 1. The molecule has 0 atom stereocenters. The number of hydrogen-bond acceptors (Lipinski definition) is 5. The minimum atomic E-state index is -0.438. The lowest BCUT2D eigenvalue weighted by Crippen LogP contribution is -2.32. The molecule has 0 aliphatic carbocycles. The first-order valence-corrected chi connectivity index (χ1v) is 10.3. The first-order chi connectivity index (χ1) is 15.5. The molecule has 32 heavy (non-hydrogen) atoms. The molecule has 0 fully saturated rings. The van der Waals surface area contributed by atoms with Crippen LogP contribution in [0.4, 0.5) is 5.69 Å². The number of rotatable bonds is 7. The van der Waals surface area contributed by atoms with Crippen molar-refractivity contribution in [1.82, 2.24) is 4.90 Å². The van der Waals surface area contributed by atoms with Crippen molar-refractivity contribution in [1.29, 1.82) is 0 Å². The maximum atomic E-state index is 13.4. The fourth-order valence-corrected chi connectivity index (χ4v) is 3.74. The molecule has 3 aromatic carbocycles. The fraction of sp³-hybridized carbons (Fsp3) is 0.120. The average molecular weight is 449 g/mol. The summed E-state index contributed by atoms with van der Waals surface area (Å²) < 4.78 is 10.6. The molecule has 3 aromatic rings. The second-order valence-electron chi connectivity index (χ2n) is 7.09. The lowest BCUT2D eigenvalue weighted by atomic mass is 10.0. The Labute approximate surface area is 191 Å². The van der Waals surface area contributed by atoms with E-state index in [1.807, 2.05) is 18.2 Å². The fourth-order valence-electron chi connectivity index (χ4n) is 3.54. The number of para-hydroxylation sites is 2. The van der Waals surface area contributed by atoms with Crippen LogP contribution < -0.4 is 14.8 Å². The van der Waals surface area contributed by atoms with Gasteiger partial charge >= 0.3 is 0 Å². The SMILES string of the molecule is COc1ccc(C2=C(Nc3ccccc3OC)C(=O)N(Cc3ccccc3Cl)C2=O)cc1. The molecule has 6 nitrogen and oxygen atoms in total. The largest absolute Gasteiger partial charge is 0.497 e. The molecule has 0 spiro atoms. The van der Waals surface area contributed by atoms with Crippen molar-refractivity contribution in [3.63, 3.8) is 0 Å². The van der Waals surface area contributed by atoms with Gasteiger partial charge in [-0.3, -0.25) is 14.5 Å². The highest BCUT2D eigenvalue weighted by Crippen LogP contribution is 2.35. The second kappa shape index (κ2) is 9.16. The lowest BCUT2D eigenvalue weighted by molar-refractivity contribution is -0.137. The Morgan fingerprint density at radius 2 is 1.53 bits per heavy atom. The van der Waals surface area contributed by atoms with Crippen LogP contribution in [-0.4, -0.2) is 30.9 Å². The van der Waals surface area contributed by atoms with E-state index in [0.717, 1.165) is 0 Å². The highest BCUT2D eigenvalue weighted by Gasteiger charge is 2.39. The molecule has 0 saturated carbocycles. The Bertz CT molecular complexity index is 1200. The Morgan fingerprint density at radius 3 is 2.22 bits per heavy atom. The summed E-state index contributed by atoms with van der Waals surface area (Å²) in [6.07, 6.45) is 0. The van der Waals surface area contributed by atoms with Crippen molar-refractivity contribution < 1.29 is 19.1 Å². The van der Waals surface area contributed by atoms with E-state index >= 15 is 0 Å². The molecule has 0 bridgehead atoms.